The molecule has 0 saturated heterocycles. The first-order valence-corrected chi connectivity index (χ1v) is 10.5. The van der Waals surface area contributed by atoms with Gasteiger partial charge >= 0.3 is 0 Å². The number of para-hydroxylation sites is 1. The normalized spacial score (nSPS) is 11.0. The summed E-state index contributed by atoms with van der Waals surface area (Å²) in [6, 6.07) is 11.7. The fourth-order valence-corrected chi connectivity index (χ4v) is 4.37. The van der Waals surface area contributed by atoms with Crippen molar-refractivity contribution in [3.8, 4) is 11.1 Å². The van der Waals surface area contributed by atoms with Crippen LogP contribution in [-0.4, -0.2) is 22.4 Å². The van der Waals surface area contributed by atoms with Gasteiger partial charge < -0.3 is 10.6 Å². The first-order valence-electron chi connectivity index (χ1n) is 9.73. The summed E-state index contributed by atoms with van der Waals surface area (Å²) in [6.45, 7) is 4.33. The van der Waals surface area contributed by atoms with Crippen LogP contribution in [-0.2, 0) is 4.79 Å². The van der Waals surface area contributed by atoms with Crippen LogP contribution in [0.3, 0.4) is 0 Å². The van der Waals surface area contributed by atoms with Crippen LogP contribution in [0.15, 0.2) is 48.8 Å². The van der Waals surface area contributed by atoms with E-state index in [9.17, 15) is 13.6 Å². The Morgan fingerprint density at radius 1 is 1.03 bits per heavy atom. The Bertz CT molecular complexity index is 1230. The Morgan fingerprint density at radius 2 is 1.74 bits per heavy atom. The standard InChI is InChI=1S/C23H20F2N4OS/c1-13-6-8-15(9-7-13)19-14(2)31-23-20(19)22(27-12-28-23)26-11-10-18(30)29-21-16(24)4-3-5-17(21)25/h3-9,12H,10-11H2,1-2H3,(H,29,30)(H,26,27,28). The van der Waals surface area contributed by atoms with Gasteiger partial charge in [-0.15, -0.1) is 11.3 Å². The van der Waals surface area contributed by atoms with E-state index in [1.807, 2.05) is 13.8 Å². The van der Waals surface area contributed by atoms with Crippen molar-refractivity contribution in [2.75, 3.05) is 17.2 Å². The molecule has 2 aromatic carbocycles. The van der Waals surface area contributed by atoms with E-state index in [-0.39, 0.29) is 13.0 Å². The third-order valence-corrected chi connectivity index (χ3v) is 5.89. The zero-order valence-corrected chi connectivity index (χ0v) is 17.8. The van der Waals surface area contributed by atoms with Gasteiger partial charge in [-0.1, -0.05) is 35.9 Å². The Hall–Kier alpha value is -3.39. The molecule has 2 heterocycles. The van der Waals surface area contributed by atoms with Crippen molar-refractivity contribution < 1.29 is 13.6 Å². The lowest BCUT2D eigenvalue weighted by atomic mass is 10.0. The number of carbonyl (C=O) groups is 1. The SMILES string of the molecule is Cc1ccc(-c2c(C)sc3ncnc(NCCC(=O)Nc4c(F)cccc4F)c23)cc1. The molecule has 0 spiro atoms. The third kappa shape index (κ3) is 4.39. The highest BCUT2D eigenvalue weighted by molar-refractivity contribution is 7.19. The number of carbonyl (C=O) groups excluding carboxylic acids is 1. The fourth-order valence-electron chi connectivity index (χ4n) is 3.36. The molecule has 2 aromatic heterocycles. The van der Waals surface area contributed by atoms with Gasteiger partial charge in [0.2, 0.25) is 5.91 Å². The van der Waals surface area contributed by atoms with Crippen LogP contribution in [0.1, 0.15) is 16.9 Å². The van der Waals surface area contributed by atoms with Crippen LogP contribution >= 0.6 is 11.3 Å². The molecule has 1 amide bonds. The predicted octanol–water partition coefficient (Wildman–Crippen LogP) is 5.69. The van der Waals surface area contributed by atoms with Gasteiger partial charge in [0.15, 0.2) is 0 Å². The minimum absolute atomic E-state index is 0.0161. The molecule has 5 nitrogen and oxygen atoms in total. The summed E-state index contributed by atoms with van der Waals surface area (Å²) in [5, 5.41) is 6.36. The Balaban J connectivity index is 1.53. The number of halogens is 2. The zero-order valence-electron chi connectivity index (χ0n) is 17.0. The number of thiophene rings is 1. The average molecular weight is 439 g/mol. The molecule has 0 radical (unpaired) electrons. The van der Waals surface area contributed by atoms with Gasteiger partial charge in [-0.25, -0.2) is 18.7 Å². The van der Waals surface area contributed by atoms with E-state index in [1.54, 1.807) is 11.3 Å². The maximum absolute atomic E-state index is 13.7. The second kappa shape index (κ2) is 8.77. The lowest BCUT2D eigenvalue weighted by Gasteiger charge is -2.10. The number of hydrogen-bond donors (Lipinski definition) is 2. The number of nitrogens with one attached hydrogen (secondary N) is 2. The van der Waals surface area contributed by atoms with E-state index in [0.717, 1.165) is 38.4 Å². The van der Waals surface area contributed by atoms with Crippen molar-refractivity contribution in [1.82, 2.24) is 9.97 Å². The van der Waals surface area contributed by atoms with Gasteiger partial charge in [-0.3, -0.25) is 4.79 Å². The molecule has 0 atom stereocenters. The number of hydrogen-bond acceptors (Lipinski definition) is 5. The third-order valence-electron chi connectivity index (χ3n) is 4.88. The largest absolute Gasteiger partial charge is 0.369 e. The number of rotatable bonds is 6. The molecule has 0 aliphatic heterocycles. The van der Waals surface area contributed by atoms with Crippen molar-refractivity contribution in [3.05, 3.63) is 70.9 Å². The van der Waals surface area contributed by atoms with E-state index in [1.165, 1.54) is 18.0 Å². The minimum atomic E-state index is -0.810. The monoisotopic (exact) mass is 438 g/mol. The van der Waals surface area contributed by atoms with Gasteiger partial charge in [0.1, 0.15) is 34.3 Å². The molecule has 0 bridgehead atoms. The Kier molecular flexibility index (Phi) is 5.90. The van der Waals surface area contributed by atoms with Crippen LogP contribution in [0.2, 0.25) is 0 Å². The van der Waals surface area contributed by atoms with Gasteiger partial charge in [0.25, 0.3) is 0 Å². The summed E-state index contributed by atoms with van der Waals surface area (Å²) >= 11 is 1.58. The van der Waals surface area contributed by atoms with Crippen molar-refractivity contribution >= 4 is 39.0 Å². The smallest absolute Gasteiger partial charge is 0.226 e. The maximum atomic E-state index is 13.7. The molecule has 0 aliphatic rings. The molecule has 8 heteroatoms. The molecule has 31 heavy (non-hydrogen) atoms. The molecule has 4 rings (SSSR count). The molecular formula is C23H20F2N4OS. The van der Waals surface area contributed by atoms with Crippen LogP contribution < -0.4 is 10.6 Å². The average Bonchev–Trinajstić information content (AvgIpc) is 3.08. The number of anilines is 2. The lowest BCUT2D eigenvalue weighted by Crippen LogP contribution is -2.18. The Morgan fingerprint density at radius 3 is 2.45 bits per heavy atom. The second-order valence-electron chi connectivity index (χ2n) is 7.12. The first kappa shape index (κ1) is 20.9. The van der Waals surface area contributed by atoms with E-state index in [4.69, 9.17) is 0 Å². The highest BCUT2D eigenvalue weighted by atomic mass is 32.1. The van der Waals surface area contributed by atoms with Crippen LogP contribution in [0.25, 0.3) is 21.3 Å². The van der Waals surface area contributed by atoms with Gasteiger partial charge in [-0.2, -0.15) is 0 Å². The minimum Gasteiger partial charge on any atom is -0.369 e. The number of nitrogens with zero attached hydrogens (tertiary/aromatic N) is 2. The highest BCUT2D eigenvalue weighted by Gasteiger charge is 2.17. The zero-order chi connectivity index (χ0) is 22.0. The summed E-state index contributed by atoms with van der Waals surface area (Å²) in [5.74, 6) is -1.50. The molecule has 0 saturated carbocycles. The molecule has 4 aromatic rings. The Labute approximate surface area is 182 Å². The van der Waals surface area contributed by atoms with Crippen molar-refractivity contribution in [2.45, 2.75) is 20.3 Å². The second-order valence-corrected chi connectivity index (χ2v) is 8.33. The number of amides is 1. The molecule has 0 unspecified atom stereocenters. The van der Waals surface area contributed by atoms with Crippen molar-refractivity contribution in [2.24, 2.45) is 0 Å². The van der Waals surface area contributed by atoms with Gasteiger partial charge in [-0.05, 0) is 31.5 Å². The summed E-state index contributed by atoms with van der Waals surface area (Å²) in [7, 11) is 0. The summed E-state index contributed by atoms with van der Waals surface area (Å²) < 4.78 is 27.4. The van der Waals surface area contributed by atoms with E-state index in [2.05, 4.69) is 44.9 Å². The quantitative estimate of drug-likeness (QED) is 0.406. The molecule has 158 valence electrons. The molecule has 0 fully saturated rings. The van der Waals surface area contributed by atoms with Gasteiger partial charge in [0.05, 0.1) is 5.39 Å². The van der Waals surface area contributed by atoms with E-state index >= 15 is 0 Å². The summed E-state index contributed by atoms with van der Waals surface area (Å²) in [5.41, 5.74) is 2.86. The predicted molar refractivity (Wildman–Crippen MR) is 120 cm³/mol. The summed E-state index contributed by atoms with van der Waals surface area (Å²) in [4.78, 5) is 22.9. The highest BCUT2D eigenvalue weighted by Crippen LogP contribution is 2.40. The fraction of sp³-hybridized carbons (Fsp3) is 0.174. The van der Waals surface area contributed by atoms with Crippen LogP contribution in [0.5, 0.6) is 0 Å². The van der Waals surface area contributed by atoms with E-state index < -0.39 is 23.2 Å². The number of fused-ring (bicyclic) bond motifs is 1. The van der Waals surface area contributed by atoms with E-state index in [0.29, 0.717) is 5.82 Å². The van der Waals surface area contributed by atoms with Crippen LogP contribution in [0.4, 0.5) is 20.3 Å². The number of benzene rings is 2. The van der Waals surface area contributed by atoms with Gasteiger partial charge in [0, 0.05) is 23.4 Å². The number of aryl methyl sites for hydroxylation is 2. The van der Waals surface area contributed by atoms with Crippen LogP contribution in [0, 0.1) is 25.5 Å². The lowest BCUT2D eigenvalue weighted by molar-refractivity contribution is -0.116. The van der Waals surface area contributed by atoms with Crippen molar-refractivity contribution in [1.29, 1.82) is 0 Å². The molecule has 0 aliphatic carbocycles. The molecular weight excluding hydrogens is 418 g/mol. The molecule has 2 N–H and O–H groups in total. The maximum Gasteiger partial charge on any atom is 0.226 e. The van der Waals surface area contributed by atoms with Crippen molar-refractivity contribution in [3.63, 3.8) is 0 Å². The topological polar surface area (TPSA) is 66.9 Å². The first-order chi connectivity index (χ1) is 14.9. The summed E-state index contributed by atoms with van der Waals surface area (Å²) in [6.07, 6.45) is 1.50. The number of aromatic nitrogens is 2.